The minimum atomic E-state index is 0. The highest BCUT2D eigenvalue weighted by Crippen LogP contribution is 1.71. The molecule has 1 rings (SSSR count). The van der Waals surface area contributed by atoms with Crippen molar-refractivity contribution in [1.29, 1.82) is 5.26 Å². The van der Waals surface area contributed by atoms with Crippen LogP contribution in [-0.2, 0) is 7.05 Å². The molecule has 0 spiro atoms. The van der Waals surface area contributed by atoms with Crippen molar-refractivity contribution in [2.24, 2.45) is 7.05 Å². The molecule has 0 aliphatic heterocycles. The van der Waals surface area contributed by atoms with Gasteiger partial charge in [-0.3, -0.25) is 0 Å². The number of hydrogen-bond donors (Lipinski definition) is 0. The number of nitrogens with zero attached hydrogens (tertiary/aromatic N) is 2. The summed E-state index contributed by atoms with van der Waals surface area (Å²) in [5.41, 5.74) is 0. The van der Waals surface area contributed by atoms with Gasteiger partial charge in [-0.1, -0.05) is 6.07 Å². The normalized spacial score (nSPS) is 6.75. The van der Waals surface area contributed by atoms with Gasteiger partial charge in [0, 0.05) is 12.1 Å². The monoisotopic (exact) mass is 296 g/mol. The maximum Gasteiger partial charge on any atom is 0.168 e. The van der Waals surface area contributed by atoms with Crippen LogP contribution in [0.1, 0.15) is 0 Å². The van der Waals surface area contributed by atoms with E-state index < -0.39 is 0 Å². The Labute approximate surface area is 94.8 Å². The molecular weight excluding hydrogens is 286 g/mol. The second-order valence-corrected chi connectivity index (χ2v) is 2.10. The molecule has 0 aliphatic carbocycles. The van der Waals surface area contributed by atoms with Crippen LogP contribution in [0, 0.1) is 11.3 Å². The van der Waals surface area contributed by atoms with Gasteiger partial charge in [-0.2, -0.15) is 5.26 Å². The van der Waals surface area contributed by atoms with Crippen LogP contribution >= 0.6 is 11.6 Å². The van der Waals surface area contributed by atoms with Crippen molar-refractivity contribution in [3.63, 3.8) is 0 Å². The fraction of sp³-hybridized carbons (Fsp3) is 0.250. The zero-order valence-electron chi connectivity index (χ0n) is 6.74. The van der Waals surface area contributed by atoms with Gasteiger partial charge in [0.2, 0.25) is 0 Å². The minimum Gasteiger partial charge on any atom is -1.00 e. The predicted molar refractivity (Wildman–Crippen MR) is 44.0 cm³/mol. The average molecular weight is 297 g/mol. The zero-order valence-corrected chi connectivity index (χ0v) is 9.66. The van der Waals surface area contributed by atoms with Gasteiger partial charge in [0.05, 0.1) is 6.07 Å². The van der Waals surface area contributed by atoms with E-state index in [0.717, 1.165) is 0 Å². The van der Waals surface area contributed by atoms with E-state index in [1.54, 1.807) is 6.07 Å². The molecule has 0 saturated carbocycles. The van der Waals surface area contributed by atoms with E-state index in [-0.39, 0.29) is 29.9 Å². The van der Waals surface area contributed by atoms with Crippen molar-refractivity contribution in [3.8, 4) is 6.07 Å². The highest BCUT2D eigenvalue weighted by molar-refractivity contribution is 6.19. The van der Waals surface area contributed by atoms with Crippen LogP contribution in [0.15, 0.2) is 30.6 Å². The topological polar surface area (TPSA) is 27.7 Å². The molecular formula is C8H10ClIN2. The first-order valence-corrected chi connectivity index (χ1v) is 3.68. The van der Waals surface area contributed by atoms with Crippen LogP contribution in [0.4, 0.5) is 0 Å². The maximum atomic E-state index is 7.49. The van der Waals surface area contributed by atoms with Gasteiger partial charge < -0.3 is 24.0 Å². The summed E-state index contributed by atoms with van der Waals surface area (Å²) in [5.74, 6) is 0.0972. The van der Waals surface area contributed by atoms with Crippen LogP contribution in [0.2, 0.25) is 0 Å². The number of alkyl halides is 1. The fourth-order valence-electron chi connectivity index (χ4n) is 0.485. The molecule has 0 atom stereocenters. The summed E-state index contributed by atoms with van der Waals surface area (Å²) < 4.78 is 2.00. The molecule has 0 amide bonds. The Morgan fingerprint density at radius 3 is 1.92 bits per heavy atom. The third kappa shape index (κ3) is 9.66. The van der Waals surface area contributed by atoms with Crippen molar-refractivity contribution in [2.75, 3.05) is 5.88 Å². The van der Waals surface area contributed by atoms with Crippen molar-refractivity contribution >= 4 is 11.6 Å². The van der Waals surface area contributed by atoms with Gasteiger partial charge >= 0.3 is 0 Å². The third-order valence-electron chi connectivity index (χ3n) is 0.924. The standard InChI is InChI=1S/C6H8N.C2H2ClN.HI/c1-7-5-3-2-4-6-7;3-1-2-4;/h2-6H,1H3;1H2;1H/q+1;;/p-1. The second kappa shape index (κ2) is 10.7. The average Bonchev–Trinajstić information content (AvgIpc) is 2.07. The van der Waals surface area contributed by atoms with Crippen LogP contribution in [0.3, 0.4) is 0 Å². The maximum absolute atomic E-state index is 7.49. The zero-order chi connectivity index (χ0) is 8.53. The number of aromatic nitrogens is 1. The molecule has 66 valence electrons. The summed E-state index contributed by atoms with van der Waals surface area (Å²) in [6.45, 7) is 0. The number of halogens is 2. The molecule has 1 aromatic heterocycles. The minimum absolute atomic E-state index is 0. The lowest BCUT2D eigenvalue weighted by atomic mass is 10.5. The van der Waals surface area contributed by atoms with E-state index in [1.807, 2.05) is 42.2 Å². The summed E-state index contributed by atoms with van der Waals surface area (Å²) in [5, 5.41) is 7.49. The lowest BCUT2D eigenvalue weighted by Gasteiger charge is -1.77. The van der Waals surface area contributed by atoms with Crippen LogP contribution in [0.25, 0.3) is 0 Å². The largest absolute Gasteiger partial charge is 1.00 e. The molecule has 2 nitrogen and oxygen atoms in total. The Balaban J connectivity index is 0. The molecule has 0 fully saturated rings. The Bertz CT molecular complexity index is 220. The van der Waals surface area contributed by atoms with Gasteiger partial charge in [-0.15, -0.1) is 11.6 Å². The lowest BCUT2D eigenvalue weighted by Crippen LogP contribution is -3.00. The van der Waals surface area contributed by atoms with Crippen LogP contribution in [0.5, 0.6) is 0 Å². The highest BCUT2D eigenvalue weighted by atomic mass is 127. The summed E-state index contributed by atoms with van der Waals surface area (Å²) in [6.07, 6.45) is 4.00. The Morgan fingerprint density at radius 2 is 1.75 bits per heavy atom. The first-order chi connectivity index (χ1) is 5.31. The van der Waals surface area contributed by atoms with Gasteiger partial charge in [0.25, 0.3) is 0 Å². The molecule has 1 heterocycles. The molecule has 1 aromatic rings. The summed E-state index contributed by atoms with van der Waals surface area (Å²) in [4.78, 5) is 0. The number of nitriles is 1. The Hall–Kier alpha value is -0.340. The quantitative estimate of drug-likeness (QED) is 0.317. The Kier molecular flexibility index (Phi) is 12.6. The van der Waals surface area contributed by atoms with E-state index >= 15 is 0 Å². The lowest BCUT2D eigenvalue weighted by molar-refractivity contribution is -0.671. The molecule has 0 saturated heterocycles. The highest BCUT2D eigenvalue weighted by Gasteiger charge is 1.78. The van der Waals surface area contributed by atoms with Gasteiger partial charge in [0.15, 0.2) is 12.4 Å². The van der Waals surface area contributed by atoms with Crippen LogP contribution in [-0.4, -0.2) is 5.88 Å². The van der Waals surface area contributed by atoms with E-state index in [9.17, 15) is 0 Å². The van der Waals surface area contributed by atoms with Crippen molar-refractivity contribution in [2.45, 2.75) is 0 Å². The summed E-state index contributed by atoms with van der Waals surface area (Å²) in [6, 6.07) is 7.70. The van der Waals surface area contributed by atoms with Crippen LogP contribution < -0.4 is 28.5 Å². The first kappa shape index (κ1) is 14.2. The Morgan fingerprint density at radius 1 is 1.33 bits per heavy atom. The van der Waals surface area contributed by atoms with Gasteiger partial charge in [-0.25, -0.2) is 4.57 Å². The predicted octanol–water partition coefficient (Wildman–Crippen LogP) is -1.74. The number of aryl methyl sites for hydroxylation is 1. The van der Waals surface area contributed by atoms with E-state index in [4.69, 9.17) is 16.9 Å². The molecule has 4 heteroatoms. The van der Waals surface area contributed by atoms with E-state index in [0.29, 0.717) is 0 Å². The number of rotatable bonds is 0. The smallest absolute Gasteiger partial charge is 0.168 e. The van der Waals surface area contributed by atoms with E-state index in [1.165, 1.54) is 0 Å². The third-order valence-corrected chi connectivity index (χ3v) is 1.04. The molecule has 0 N–H and O–H groups in total. The molecule has 0 radical (unpaired) electrons. The van der Waals surface area contributed by atoms with E-state index in [2.05, 4.69) is 0 Å². The summed E-state index contributed by atoms with van der Waals surface area (Å²) >= 11 is 4.82. The molecule has 0 aromatic carbocycles. The molecule has 12 heavy (non-hydrogen) atoms. The summed E-state index contributed by atoms with van der Waals surface area (Å²) in [7, 11) is 2.00. The van der Waals surface area contributed by atoms with Gasteiger partial charge in [0.1, 0.15) is 12.9 Å². The number of hydrogen-bond acceptors (Lipinski definition) is 1. The van der Waals surface area contributed by atoms with Crippen molar-refractivity contribution < 1.29 is 28.5 Å². The van der Waals surface area contributed by atoms with Crippen molar-refractivity contribution in [3.05, 3.63) is 30.6 Å². The molecule has 0 aliphatic rings. The second-order valence-electron chi connectivity index (χ2n) is 1.83. The van der Waals surface area contributed by atoms with Gasteiger partial charge in [-0.05, 0) is 0 Å². The van der Waals surface area contributed by atoms with Crippen molar-refractivity contribution in [1.82, 2.24) is 0 Å². The molecule has 0 unspecified atom stereocenters. The first-order valence-electron chi connectivity index (χ1n) is 3.14. The SMILES string of the molecule is C[n+]1ccccc1.N#CCCl.[I-]. The number of pyridine rings is 1. The fourth-order valence-corrected chi connectivity index (χ4v) is 0.485. The molecule has 0 bridgehead atoms.